The molecule has 0 aromatic carbocycles. The van der Waals surface area contributed by atoms with Gasteiger partial charge in [0.25, 0.3) is 0 Å². The van der Waals surface area contributed by atoms with Crippen LogP contribution < -0.4 is 16.8 Å². The zero-order valence-corrected chi connectivity index (χ0v) is 9.99. The second kappa shape index (κ2) is 7.05. The Kier molecular flexibility index (Phi) is 6.48. The van der Waals surface area contributed by atoms with Crippen LogP contribution in [0.15, 0.2) is 5.16 Å². The molecule has 6 heteroatoms. The minimum absolute atomic E-state index is 0.228. The van der Waals surface area contributed by atoms with E-state index in [1.165, 1.54) is 0 Å². The first kappa shape index (κ1) is 14.7. The van der Waals surface area contributed by atoms with E-state index in [0.717, 1.165) is 25.9 Å². The summed E-state index contributed by atoms with van der Waals surface area (Å²) < 4.78 is 0. The van der Waals surface area contributed by atoms with Crippen LogP contribution in [0.4, 0.5) is 0 Å². The largest absolute Gasteiger partial charge is 0.409 e. The average molecular weight is 230 g/mol. The van der Waals surface area contributed by atoms with E-state index >= 15 is 0 Å². The molecule has 0 heterocycles. The highest BCUT2D eigenvalue weighted by molar-refractivity contribution is 5.85. The van der Waals surface area contributed by atoms with Crippen LogP contribution in [-0.2, 0) is 4.79 Å². The van der Waals surface area contributed by atoms with E-state index in [2.05, 4.69) is 10.5 Å². The zero-order chi connectivity index (χ0) is 12.6. The molecule has 6 nitrogen and oxygen atoms in total. The molecule has 0 saturated heterocycles. The number of oxime groups is 1. The van der Waals surface area contributed by atoms with Gasteiger partial charge >= 0.3 is 0 Å². The van der Waals surface area contributed by atoms with Crippen LogP contribution >= 0.6 is 0 Å². The Labute approximate surface area is 96.1 Å². The van der Waals surface area contributed by atoms with Gasteiger partial charge in [-0.15, -0.1) is 0 Å². The number of hydrogen-bond acceptors (Lipinski definition) is 4. The van der Waals surface area contributed by atoms with Gasteiger partial charge in [0.2, 0.25) is 5.91 Å². The Hall–Kier alpha value is -1.30. The van der Waals surface area contributed by atoms with Crippen molar-refractivity contribution in [2.24, 2.45) is 22.0 Å². The predicted octanol–water partition coefficient (Wildman–Crippen LogP) is 0.00420. The molecule has 0 aliphatic carbocycles. The number of carbonyl (C=O) groups excluding carboxylic acids is 1. The van der Waals surface area contributed by atoms with Crippen molar-refractivity contribution in [2.45, 2.75) is 33.1 Å². The van der Waals surface area contributed by atoms with Gasteiger partial charge in [0.15, 0.2) is 0 Å². The average Bonchev–Trinajstić information content (AvgIpc) is 2.21. The molecule has 0 spiro atoms. The molecular formula is C10H22N4O2. The minimum atomic E-state index is -0.328. The third-order valence-electron chi connectivity index (χ3n) is 2.50. The number of nitrogens with one attached hydrogen (secondary N) is 1. The lowest BCUT2D eigenvalue weighted by atomic mass is 9.88. The first-order valence-corrected chi connectivity index (χ1v) is 5.37. The summed E-state index contributed by atoms with van der Waals surface area (Å²) in [6.07, 6.45) is 1.90. The van der Waals surface area contributed by atoms with Gasteiger partial charge in [-0.3, -0.25) is 4.79 Å². The van der Waals surface area contributed by atoms with Gasteiger partial charge in [-0.25, -0.2) is 0 Å². The Morgan fingerprint density at radius 3 is 2.50 bits per heavy atom. The number of primary amides is 1. The molecule has 0 radical (unpaired) electrons. The Balaban J connectivity index is 3.62. The number of nitrogens with zero attached hydrogens (tertiary/aromatic N) is 1. The molecule has 1 amide bonds. The topological polar surface area (TPSA) is 114 Å². The summed E-state index contributed by atoms with van der Waals surface area (Å²) in [6, 6.07) is 0. The van der Waals surface area contributed by atoms with Gasteiger partial charge in [-0.2, -0.15) is 0 Å². The summed E-state index contributed by atoms with van der Waals surface area (Å²) >= 11 is 0. The predicted molar refractivity (Wildman–Crippen MR) is 63.1 cm³/mol. The van der Waals surface area contributed by atoms with E-state index in [-0.39, 0.29) is 17.2 Å². The molecule has 0 aromatic heterocycles. The van der Waals surface area contributed by atoms with Crippen LogP contribution in [0, 0.1) is 5.41 Å². The van der Waals surface area contributed by atoms with Crippen LogP contribution in [0.5, 0.6) is 0 Å². The van der Waals surface area contributed by atoms with E-state index in [4.69, 9.17) is 16.7 Å². The number of nitrogens with two attached hydrogens (primary N) is 2. The van der Waals surface area contributed by atoms with Gasteiger partial charge in [0.1, 0.15) is 5.84 Å². The van der Waals surface area contributed by atoms with Gasteiger partial charge in [0, 0.05) is 11.8 Å². The Morgan fingerprint density at radius 1 is 1.38 bits per heavy atom. The van der Waals surface area contributed by atoms with Gasteiger partial charge in [-0.1, -0.05) is 19.0 Å². The van der Waals surface area contributed by atoms with Gasteiger partial charge in [0.05, 0.1) is 0 Å². The fourth-order valence-corrected chi connectivity index (χ4v) is 1.18. The lowest BCUT2D eigenvalue weighted by Gasteiger charge is -2.22. The van der Waals surface area contributed by atoms with Crippen molar-refractivity contribution in [1.29, 1.82) is 0 Å². The molecule has 6 N–H and O–H groups in total. The molecular weight excluding hydrogens is 208 g/mol. The zero-order valence-electron chi connectivity index (χ0n) is 9.99. The number of carbonyl (C=O) groups is 1. The third-order valence-corrected chi connectivity index (χ3v) is 2.50. The van der Waals surface area contributed by atoms with Crippen LogP contribution in [0.25, 0.3) is 0 Å². The first-order chi connectivity index (χ1) is 7.40. The van der Waals surface area contributed by atoms with Gasteiger partial charge in [-0.05, 0) is 25.9 Å². The van der Waals surface area contributed by atoms with Crippen molar-refractivity contribution in [2.75, 3.05) is 13.1 Å². The highest BCUT2D eigenvalue weighted by Gasteiger charge is 2.22. The summed E-state index contributed by atoms with van der Waals surface area (Å²) in [5, 5.41) is 14.7. The lowest BCUT2D eigenvalue weighted by molar-refractivity contribution is -0.118. The number of rotatable bonds is 8. The fourth-order valence-electron chi connectivity index (χ4n) is 1.18. The monoisotopic (exact) mass is 230 g/mol. The third kappa shape index (κ3) is 6.23. The summed E-state index contributed by atoms with van der Waals surface area (Å²) in [5.74, 6) is -0.0507. The molecule has 94 valence electrons. The van der Waals surface area contributed by atoms with E-state index < -0.39 is 0 Å². The molecule has 0 aromatic rings. The standard InChI is InChI=1S/C10H22N4O2/c1-10(2,9(12)14-16)5-7-13-6-3-4-8(11)15/h13,16H,3-7H2,1-2H3,(H2,11,15)(H2,12,14). The van der Waals surface area contributed by atoms with E-state index in [9.17, 15) is 4.79 Å². The summed E-state index contributed by atoms with van der Waals surface area (Å²) in [6.45, 7) is 5.32. The Morgan fingerprint density at radius 2 is 2.00 bits per heavy atom. The second-order valence-corrected chi connectivity index (χ2v) is 4.44. The maximum Gasteiger partial charge on any atom is 0.217 e. The lowest BCUT2D eigenvalue weighted by Crippen LogP contribution is -2.35. The quantitative estimate of drug-likeness (QED) is 0.154. The van der Waals surface area contributed by atoms with Crippen molar-refractivity contribution in [3.8, 4) is 0 Å². The number of amides is 1. The van der Waals surface area contributed by atoms with E-state index in [1.54, 1.807) is 0 Å². The molecule has 0 atom stereocenters. The van der Waals surface area contributed by atoms with Crippen LogP contribution in [0.1, 0.15) is 33.1 Å². The van der Waals surface area contributed by atoms with Gasteiger partial charge < -0.3 is 22.0 Å². The van der Waals surface area contributed by atoms with E-state index in [1.807, 2.05) is 13.8 Å². The smallest absolute Gasteiger partial charge is 0.217 e. The molecule has 16 heavy (non-hydrogen) atoms. The van der Waals surface area contributed by atoms with Crippen molar-refractivity contribution in [3.05, 3.63) is 0 Å². The van der Waals surface area contributed by atoms with Crippen molar-refractivity contribution in [1.82, 2.24) is 5.32 Å². The normalized spacial score (nSPS) is 12.8. The van der Waals surface area contributed by atoms with Crippen LogP contribution in [0.3, 0.4) is 0 Å². The molecule has 0 rings (SSSR count). The number of amidine groups is 1. The van der Waals surface area contributed by atoms with Crippen LogP contribution in [0.2, 0.25) is 0 Å². The fraction of sp³-hybridized carbons (Fsp3) is 0.800. The molecule has 0 aliphatic rings. The summed E-state index contributed by atoms with van der Waals surface area (Å²) in [4.78, 5) is 10.5. The summed E-state index contributed by atoms with van der Waals surface area (Å²) in [5.41, 5.74) is 10.2. The SMILES string of the molecule is CC(C)(CCNCCCC(N)=O)C(N)=NO. The molecule has 0 saturated carbocycles. The first-order valence-electron chi connectivity index (χ1n) is 5.37. The second-order valence-electron chi connectivity index (χ2n) is 4.44. The van der Waals surface area contributed by atoms with Crippen molar-refractivity contribution in [3.63, 3.8) is 0 Å². The van der Waals surface area contributed by atoms with Crippen molar-refractivity contribution >= 4 is 11.7 Å². The minimum Gasteiger partial charge on any atom is -0.409 e. The summed E-state index contributed by atoms with van der Waals surface area (Å²) in [7, 11) is 0. The molecule has 0 fully saturated rings. The molecule has 0 unspecified atom stereocenters. The van der Waals surface area contributed by atoms with Crippen LogP contribution in [-0.4, -0.2) is 30.0 Å². The maximum absolute atomic E-state index is 10.5. The highest BCUT2D eigenvalue weighted by atomic mass is 16.4. The molecule has 0 aliphatic heterocycles. The van der Waals surface area contributed by atoms with E-state index in [0.29, 0.717) is 6.42 Å². The molecule has 0 bridgehead atoms. The Bertz CT molecular complexity index is 251. The highest BCUT2D eigenvalue weighted by Crippen LogP contribution is 2.19. The number of hydrogen-bond donors (Lipinski definition) is 4. The van der Waals surface area contributed by atoms with Crippen molar-refractivity contribution < 1.29 is 10.0 Å². The maximum atomic E-state index is 10.5.